The molecule has 0 aliphatic heterocycles. The van der Waals surface area contributed by atoms with Crippen LogP contribution in [0, 0.1) is 0 Å². The number of hydrogen-bond donors (Lipinski definition) is 3. The van der Waals surface area contributed by atoms with Gasteiger partial charge in [0, 0.05) is 11.2 Å². The summed E-state index contributed by atoms with van der Waals surface area (Å²) in [6.45, 7) is 7.62. The second-order valence-corrected chi connectivity index (χ2v) is 8.11. The third-order valence-electron chi connectivity index (χ3n) is 4.72. The molecule has 0 atom stereocenters. The fourth-order valence-corrected chi connectivity index (χ4v) is 3.35. The number of aryl methyl sites for hydroxylation is 1. The van der Waals surface area contributed by atoms with Crippen LogP contribution in [0.15, 0.2) is 24.3 Å². The van der Waals surface area contributed by atoms with Gasteiger partial charge in [-0.15, -0.1) is 0 Å². The fourth-order valence-electron chi connectivity index (χ4n) is 2.59. The number of carbonyl (C=O) groups is 3. The monoisotopic (exact) mass is 417 g/mol. The Balaban J connectivity index is 2.39. The molecular formula is C20H27N5O3S. The predicted molar refractivity (Wildman–Crippen MR) is 115 cm³/mol. The lowest BCUT2D eigenvalue weighted by Crippen LogP contribution is -2.48. The molecule has 1 heterocycles. The number of nitrogens with one attached hydrogen (secondary N) is 1. The lowest BCUT2D eigenvalue weighted by Gasteiger charge is -2.28. The highest BCUT2D eigenvalue weighted by atomic mass is 32.1. The topological polar surface area (TPSA) is 131 Å². The van der Waals surface area contributed by atoms with Gasteiger partial charge in [-0.3, -0.25) is 19.3 Å². The van der Waals surface area contributed by atoms with Crippen LogP contribution in [0.1, 0.15) is 59.8 Å². The molecule has 0 spiro atoms. The van der Waals surface area contributed by atoms with Crippen LogP contribution in [0.25, 0.3) is 0 Å². The van der Waals surface area contributed by atoms with Crippen molar-refractivity contribution >= 4 is 40.6 Å². The Bertz CT molecular complexity index is 905. The van der Waals surface area contributed by atoms with Gasteiger partial charge in [0.2, 0.25) is 5.91 Å². The molecule has 0 fully saturated rings. The number of nitrogens with two attached hydrogens (primary N) is 2. The van der Waals surface area contributed by atoms with Crippen molar-refractivity contribution in [3.05, 3.63) is 40.4 Å². The number of rotatable bonds is 8. The number of nitrogens with zero attached hydrogens (tertiary/aromatic N) is 2. The molecule has 0 saturated carbocycles. The van der Waals surface area contributed by atoms with Crippen LogP contribution in [0.5, 0.6) is 0 Å². The van der Waals surface area contributed by atoms with Crippen LogP contribution in [0.2, 0.25) is 0 Å². The maximum Gasteiger partial charge on any atom is 0.272 e. The zero-order valence-electron chi connectivity index (χ0n) is 17.1. The quantitative estimate of drug-likeness (QED) is 0.606. The van der Waals surface area contributed by atoms with Gasteiger partial charge in [-0.2, -0.15) is 4.37 Å². The number of benzene rings is 1. The lowest BCUT2D eigenvalue weighted by atomic mass is 10.0. The second-order valence-electron chi connectivity index (χ2n) is 7.34. The number of aromatic nitrogens is 1. The molecular weight excluding hydrogens is 390 g/mol. The van der Waals surface area contributed by atoms with Crippen LogP contribution >= 0.6 is 11.5 Å². The Hall–Kier alpha value is -2.94. The highest BCUT2D eigenvalue weighted by Crippen LogP contribution is 2.26. The zero-order chi connectivity index (χ0) is 21.8. The fraction of sp³-hybridized carbons (Fsp3) is 0.400. The second kappa shape index (κ2) is 9.04. The van der Waals surface area contributed by atoms with E-state index in [1.165, 1.54) is 4.90 Å². The summed E-state index contributed by atoms with van der Waals surface area (Å²) < 4.78 is 3.89. The summed E-state index contributed by atoms with van der Waals surface area (Å²) in [4.78, 5) is 38.7. The van der Waals surface area contributed by atoms with Gasteiger partial charge >= 0.3 is 0 Å². The Morgan fingerprint density at radius 2 is 1.79 bits per heavy atom. The minimum absolute atomic E-state index is 0.0703. The molecule has 0 bridgehead atoms. The van der Waals surface area contributed by atoms with Crippen LogP contribution in [0.4, 0.5) is 11.4 Å². The summed E-state index contributed by atoms with van der Waals surface area (Å²) in [6.07, 6.45) is 1.59. The normalized spacial score (nSPS) is 11.2. The van der Waals surface area contributed by atoms with Gasteiger partial charge in [0.1, 0.15) is 11.4 Å². The molecule has 3 amide bonds. The van der Waals surface area contributed by atoms with Crippen molar-refractivity contribution in [2.75, 3.05) is 17.2 Å². The largest absolute Gasteiger partial charge is 0.395 e. The average molecular weight is 418 g/mol. The highest BCUT2D eigenvalue weighted by Gasteiger charge is 2.28. The van der Waals surface area contributed by atoms with Gasteiger partial charge < -0.3 is 16.8 Å². The van der Waals surface area contributed by atoms with E-state index in [1.54, 1.807) is 12.1 Å². The maximum absolute atomic E-state index is 13.2. The van der Waals surface area contributed by atoms with E-state index >= 15 is 0 Å². The van der Waals surface area contributed by atoms with Gasteiger partial charge in [-0.05, 0) is 55.9 Å². The first kappa shape index (κ1) is 22.4. The van der Waals surface area contributed by atoms with Gasteiger partial charge in [0.25, 0.3) is 11.8 Å². The van der Waals surface area contributed by atoms with Crippen molar-refractivity contribution in [3.63, 3.8) is 0 Å². The molecule has 0 saturated heterocycles. The van der Waals surface area contributed by atoms with E-state index in [2.05, 4.69) is 9.69 Å². The van der Waals surface area contributed by atoms with Crippen molar-refractivity contribution in [2.45, 2.75) is 46.1 Å². The van der Waals surface area contributed by atoms with E-state index in [0.717, 1.165) is 29.9 Å². The van der Waals surface area contributed by atoms with E-state index in [1.807, 2.05) is 39.8 Å². The molecule has 2 rings (SSSR count). The summed E-state index contributed by atoms with van der Waals surface area (Å²) in [6, 6.07) is 7.35. The van der Waals surface area contributed by atoms with Crippen molar-refractivity contribution < 1.29 is 14.4 Å². The van der Waals surface area contributed by atoms with Crippen molar-refractivity contribution in [3.8, 4) is 0 Å². The SMILES string of the molecule is CCc1ccc(N(CC(=O)NC(C)(C)CC)C(=O)c2snc(C(N)=O)c2N)cc1. The van der Waals surface area contributed by atoms with Crippen LogP contribution in [-0.4, -0.2) is 34.2 Å². The van der Waals surface area contributed by atoms with Crippen molar-refractivity contribution in [1.82, 2.24) is 9.69 Å². The number of nitrogen functional groups attached to an aromatic ring is 1. The standard InChI is InChI=1S/C20H27N5O3S/c1-5-12-7-9-13(10-8-12)25(11-14(26)23-20(3,4)6-2)19(28)17-15(21)16(18(22)27)24-29-17/h7-10H,5-6,11,21H2,1-4H3,(H2,22,27)(H,23,26). The molecule has 0 aliphatic carbocycles. The molecule has 9 heteroatoms. The van der Waals surface area contributed by atoms with E-state index < -0.39 is 17.4 Å². The van der Waals surface area contributed by atoms with Crippen molar-refractivity contribution in [2.24, 2.45) is 5.73 Å². The number of anilines is 2. The minimum atomic E-state index is -0.806. The predicted octanol–water partition coefficient (Wildman–Crippen LogP) is 2.34. The molecule has 0 aliphatic rings. The summed E-state index contributed by atoms with van der Waals surface area (Å²) in [5, 5.41) is 2.92. The molecule has 1 aromatic heterocycles. The van der Waals surface area contributed by atoms with E-state index in [-0.39, 0.29) is 28.7 Å². The minimum Gasteiger partial charge on any atom is -0.395 e. The van der Waals surface area contributed by atoms with Gasteiger partial charge in [0.05, 0.1) is 5.69 Å². The summed E-state index contributed by atoms with van der Waals surface area (Å²) >= 11 is 0.789. The smallest absolute Gasteiger partial charge is 0.272 e. The molecule has 156 valence electrons. The molecule has 0 radical (unpaired) electrons. The van der Waals surface area contributed by atoms with Gasteiger partial charge in [-0.1, -0.05) is 26.0 Å². The first-order valence-corrected chi connectivity index (χ1v) is 10.1. The Morgan fingerprint density at radius 3 is 2.28 bits per heavy atom. The van der Waals surface area contributed by atoms with E-state index in [4.69, 9.17) is 11.5 Å². The average Bonchev–Trinajstić information content (AvgIpc) is 3.07. The summed E-state index contributed by atoms with van der Waals surface area (Å²) in [5.74, 6) is -1.62. The third kappa shape index (κ3) is 5.32. The molecule has 1 aromatic carbocycles. The maximum atomic E-state index is 13.2. The number of hydrogen-bond acceptors (Lipinski definition) is 6. The Morgan fingerprint density at radius 1 is 1.17 bits per heavy atom. The molecule has 2 aromatic rings. The number of amides is 3. The van der Waals surface area contributed by atoms with Crippen LogP contribution < -0.4 is 21.7 Å². The zero-order valence-corrected chi connectivity index (χ0v) is 17.9. The lowest BCUT2D eigenvalue weighted by molar-refractivity contribution is -0.121. The molecule has 8 nitrogen and oxygen atoms in total. The molecule has 29 heavy (non-hydrogen) atoms. The molecule has 0 unspecified atom stereocenters. The van der Waals surface area contributed by atoms with Crippen molar-refractivity contribution in [1.29, 1.82) is 0 Å². The first-order valence-electron chi connectivity index (χ1n) is 9.36. The van der Waals surface area contributed by atoms with Gasteiger partial charge in [-0.25, -0.2) is 0 Å². The first-order chi connectivity index (χ1) is 13.6. The highest BCUT2D eigenvalue weighted by molar-refractivity contribution is 7.09. The van der Waals surface area contributed by atoms with Crippen LogP contribution in [0.3, 0.4) is 0 Å². The third-order valence-corrected chi connectivity index (χ3v) is 5.57. The van der Waals surface area contributed by atoms with E-state index in [9.17, 15) is 14.4 Å². The summed E-state index contributed by atoms with van der Waals surface area (Å²) in [5.41, 5.74) is 12.2. The Kier molecular flexibility index (Phi) is 6.97. The van der Waals surface area contributed by atoms with Gasteiger partial charge in [0.15, 0.2) is 5.69 Å². The number of carbonyl (C=O) groups excluding carboxylic acids is 3. The van der Waals surface area contributed by atoms with Crippen LogP contribution in [-0.2, 0) is 11.2 Å². The Labute approximate surface area is 174 Å². The summed E-state index contributed by atoms with van der Waals surface area (Å²) in [7, 11) is 0. The molecule has 5 N–H and O–H groups in total. The number of primary amides is 1. The van der Waals surface area contributed by atoms with E-state index in [0.29, 0.717) is 5.69 Å².